The molecular weight excluding hydrogens is 688 g/mol. The summed E-state index contributed by atoms with van der Waals surface area (Å²) in [6.45, 7) is 4.22. The minimum atomic E-state index is -3.85. The number of carbonyl (C=O) groups excluding carboxylic acids is 3. The lowest BCUT2D eigenvalue weighted by Gasteiger charge is -2.31. The Balaban J connectivity index is 1.20. The van der Waals surface area contributed by atoms with Gasteiger partial charge in [-0.25, -0.2) is 8.42 Å². The van der Waals surface area contributed by atoms with Crippen molar-refractivity contribution < 1.29 is 41.7 Å². The number of ether oxygens (including phenoxy) is 4. The number of carbonyl (C=O) groups is 3. The minimum Gasteiger partial charge on any atom is -0.497 e. The summed E-state index contributed by atoms with van der Waals surface area (Å²) in [6, 6.07) is 16.4. The number of esters is 1. The van der Waals surface area contributed by atoms with Gasteiger partial charge >= 0.3 is 5.97 Å². The Bertz CT molecular complexity index is 2020. The highest BCUT2D eigenvalue weighted by Crippen LogP contribution is 2.33. The van der Waals surface area contributed by atoms with Crippen molar-refractivity contribution in [2.45, 2.75) is 18.2 Å². The van der Waals surface area contributed by atoms with Gasteiger partial charge in [-0.1, -0.05) is 11.6 Å². The summed E-state index contributed by atoms with van der Waals surface area (Å²) in [5.74, 6) is -1.10. The lowest BCUT2D eigenvalue weighted by atomic mass is 10.1. The maximum atomic E-state index is 13.6. The van der Waals surface area contributed by atoms with Crippen LogP contribution in [-0.4, -0.2) is 101 Å². The molecule has 1 amide bonds. The standard InChI is InChI=1S/C35H37ClN4O9S/c1-23-28(29-19-26(46-2)7-9-31(29)40(23)35(43)24-3-5-25(36)6-4-24)21-34(42)49-22-33(41)37-30-20-27(50(44,45)39-13-17-48-18-14-39)8-10-32(30)38-11-15-47-16-12-38/h3-10,19-20H,11-18,21-22H2,1-2H3,(H,37,41). The average molecular weight is 725 g/mol. The molecule has 50 heavy (non-hydrogen) atoms. The molecule has 3 aromatic carbocycles. The zero-order valence-electron chi connectivity index (χ0n) is 27.6. The van der Waals surface area contributed by atoms with E-state index in [-0.39, 0.29) is 36.0 Å². The molecule has 2 fully saturated rings. The third kappa shape index (κ3) is 7.49. The van der Waals surface area contributed by atoms with Crippen LogP contribution in [0.15, 0.2) is 65.6 Å². The molecule has 4 aromatic rings. The number of benzene rings is 3. The van der Waals surface area contributed by atoms with E-state index in [4.69, 9.17) is 30.5 Å². The number of morpholine rings is 2. The smallest absolute Gasteiger partial charge is 0.310 e. The van der Waals surface area contributed by atoms with E-state index in [9.17, 15) is 22.8 Å². The lowest BCUT2D eigenvalue weighted by Crippen LogP contribution is -2.40. The number of aromatic nitrogens is 1. The summed E-state index contributed by atoms with van der Waals surface area (Å²) in [6.07, 6.45) is -0.226. The highest BCUT2D eigenvalue weighted by atomic mass is 35.5. The number of amides is 1. The van der Waals surface area contributed by atoms with E-state index in [2.05, 4.69) is 5.32 Å². The Morgan fingerprint density at radius 1 is 0.900 bits per heavy atom. The number of anilines is 2. The molecule has 15 heteroatoms. The maximum Gasteiger partial charge on any atom is 0.310 e. The molecular formula is C35H37ClN4O9S. The maximum absolute atomic E-state index is 13.6. The van der Waals surface area contributed by atoms with Gasteiger partial charge in [-0.15, -0.1) is 0 Å². The van der Waals surface area contributed by atoms with Crippen molar-refractivity contribution in [1.82, 2.24) is 8.87 Å². The Labute approximate surface area is 294 Å². The zero-order valence-corrected chi connectivity index (χ0v) is 29.2. The molecule has 0 radical (unpaired) electrons. The third-order valence-electron chi connectivity index (χ3n) is 8.72. The van der Waals surface area contributed by atoms with Gasteiger partial charge in [0, 0.05) is 47.8 Å². The molecule has 0 atom stereocenters. The molecule has 2 aliphatic heterocycles. The molecule has 6 rings (SSSR count). The summed E-state index contributed by atoms with van der Waals surface area (Å²) in [5.41, 5.74) is 2.96. The van der Waals surface area contributed by atoms with Crippen LogP contribution in [0.5, 0.6) is 5.75 Å². The van der Waals surface area contributed by atoms with Gasteiger partial charge in [0.2, 0.25) is 10.0 Å². The van der Waals surface area contributed by atoms with E-state index in [0.717, 1.165) is 0 Å². The fourth-order valence-corrected chi connectivity index (χ4v) is 7.68. The molecule has 0 aliphatic carbocycles. The lowest BCUT2D eigenvalue weighted by molar-refractivity contribution is -0.146. The number of sulfonamides is 1. The molecule has 2 saturated heterocycles. The van der Waals surface area contributed by atoms with E-state index < -0.39 is 28.5 Å². The summed E-state index contributed by atoms with van der Waals surface area (Å²) in [5, 5.41) is 3.88. The summed E-state index contributed by atoms with van der Waals surface area (Å²) in [4.78, 5) is 42.1. The summed E-state index contributed by atoms with van der Waals surface area (Å²) < 4.78 is 51.3. The second kappa shape index (κ2) is 15.2. The number of fused-ring (bicyclic) bond motifs is 1. The molecule has 264 valence electrons. The number of hydrogen-bond acceptors (Lipinski definition) is 10. The first-order valence-corrected chi connectivity index (χ1v) is 17.9. The zero-order chi connectivity index (χ0) is 35.4. The Morgan fingerprint density at radius 3 is 2.26 bits per heavy atom. The molecule has 3 heterocycles. The van der Waals surface area contributed by atoms with Gasteiger partial charge < -0.3 is 29.2 Å². The predicted octanol–water partition coefficient (Wildman–Crippen LogP) is 3.88. The number of methoxy groups -OCH3 is 1. The van der Waals surface area contributed by atoms with Crippen LogP contribution in [-0.2, 0) is 40.2 Å². The fourth-order valence-electron chi connectivity index (χ4n) is 6.12. The van der Waals surface area contributed by atoms with E-state index in [1.165, 1.54) is 28.1 Å². The molecule has 2 aliphatic rings. The van der Waals surface area contributed by atoms with Crippen LogP contribution < -0.4 is 15.0 Å². The molecule has 0 bridgehead atoms. The van der Waals surface area contributed by atoms with Gasteiger partial charge in [0.15, 0.2) is 6.61 Å². The van der Waals surface area contributed by atoms with E-state index >= 15 is 0 Å². The topological polar surface area (TPSA) is 146 Å². The average Bonchev–Trinajstić information content (AvgIpc) is 3.40. The number of rotatable bonds is 10. The van der Waals surface area contributed by atoms with E-state index in [1.807, 2.05) is 4.90 Å². The molecule has 0 spiro atoms. The normalized spacial score (nSPS) is 15.5. The molecule has 13 nitrogen and oxygen atoms in total. The second-order valence-electron chi connectivity index (χ2n) is 11.8. The number of halogens is 1. The summed E-state index contributed by atoms with van der Waals surface area (Å²) >= 11 is 6.03. The fraction of sp³-hybridized carbons (Fsp3) is 0.343. The minimum absolute atomic E-state index is 0.0270. The van der Waals surface area contributed by atoms with E-state index in [0.29, 0.717) is 83.7 Å². The van der Waals surface area contributed by atoms with Crippen molar-refractivity contribution in [3.05, 3.63) is 82.5 Å². The van der Waals surface area contributed by atoms with Crippen LogP contribution in [0.25, 0.3) is 10.9 Å². The second-order valence-corrected chi connectivity index (χ2v) is 14.1. The molecule has 1 aromatic heterocycles. The van der Waals surface area contributed by atoms with Gasteiger partial charge in [0.05, 0.1) is 61.7 Å². The van der Waals surface area contributed by atoms with Gasteiger partial charge in [0.1, 0.15) is 5.75 Å². The molecule has 1 N–H and O–H groups in total. The highest BCUT2D eigenvalue weighted by Gasteiger charge is 2.29. The van der Waals surface area contributed by atoms with Gasteiger partial charge in [-0.05, 0) is 73.2 Å². The molecule has 0 unspecified atom stereocenters. The van der Waals surface area contributed by atoms with Gasteiger partial charge in [-0.3, -0.25) is 19.0 Å². The largest absolute Gasteiger partial charge is 0.497 e. The first-order valence-electron chi connectivity index (χ1n) is 16.0. The van der Waals surface area contributed by atoms with Crippen molar-refractivity contribution in [2.24, 2.45) is 0 Å². The van der Waals surface area contributed by atoms with Gasteiger partial charge in [0.25, 0.3) is 11.8 Å². The monoisotopic (exact) mass is 724 g/mol. The van der Waals surface area contributed by atoms with E-state index in [1.54, 1.807) is 55.5 Å². The van der Waals surface area contributed by atoms with Crippen LogP contribution in [0.3, 0.4) is 0 Å². The first-order chi connectivity index (χ1) is 24.1. The number of hydrogen-bond donors (Lipinski definition) is 1. The van der Waals surface area contributed by atoms with Crippen LogP contribution in [0, 0.1) is 6.92 Å². The SMILES string of the molecule is COc1ccc2c(c1)c(CC(=O)OCC(=O)Nc1cc(S(=O)(=O)N3CCOCC3)ccc1N1CCOCC1)c(C)n2C(=O)c1ccc(Cl)cc1. The van der Waals surface area contributed by atoms with Crippen molar-refractivity contribution >= 4 is 61.7 Å². The van der Waals surface area contributed by atoms with Crippen molar-refractivity contribution in [2.75, 3.05) is 76.5 Å². The summed E-state index contributed by atoms with van der Waals surface area (Å²) in [7, 11) is -2.32. The van der Waals surface area contributed by atoms with Crippen LogP contribution in [0.4, 0.5) is 11.4 Å². The number of nitrogens with one attached hydrogen (secondary N) is 1. The van der Waals surface area contributed by atoms with Crippen molar-refractivity contribution in [3.8, 4) is 5.75 Å². The molecule has 0 saturated carbocycles. The van der Waals surface area contributed by atoms with Crippen LogP contribution >= 0.6 is 11.6 Å². The highest BCUT2D eigenvalue weighted by molar-refractivity contribution is 7.89. The quantitative estimate of drug-likeness (QED) is 0.239. The number of nitrogens with zero attached hydrogens (tertiary/aromatic N) is 3. The third-order valence-corrected chi connectivity index (χ3v) is 10.9. The Kier molecular flexibility index (Phi) is 10.7. The predicted molar refractivity (Wildman–Crippen MR) is 187 cm³/mol. The Morgan fingerprint density at radius 2 is 1.58 bits per heavy atom. The Hall–Kier alpha value is -4.47. The van der Waals surface area contributed by atoms with Gasteiger partial charge in [-0.2, -0.15) is 4.31 Å². The van der Waals surface area contributed by atoms with Crippen LogP contribution in [0.2, 0.25) is 5.02 Å². The van der Waals surface area contributed by atoms with Crippen LogP contribution in [0.1, 0.15) is 21.6 Å². The van der Waals surface area contributed by atoms with Crippen molar-refractivity contribution in [1.29, 1.82) is 0 Å². The van der Waals surface area contributed by atoms with Crippen molar-refractivity contribution in [3.63, 3.8) is 0 Å². The first kappa shape index (κ1) is 35.4.